The fourth-order valence-electron chi connectivity index (χ4n) is 2.22. The Labute approximate surface area is 137 Å². The van der Waals surface area contributed by atoms with Crippen molar-refractivity contribution in [3.8, 4) is 11.5 Å². The summed E-state index contributed by atoms with van der Waals surface area (Å²) in [6, 6.07) is 10.7. The van der Waals surface area contributed by atoms with Gasteiger partial charge in [-0.05, 0) is 41.0 Å². The molecule has 1 N–H and O–H groups in total. The van der Waals surface area contributed by atoms with Gasteiger partial charge in [0.25, 0.3) is 5.69 Å². The summed E-state index contributed by atoms with van der Waals surface area (Å²) >= 11 is 0. The van der Waals surface area contributed by atoms with Crippen LogP contribution in [-0.2, 0) is 4.79 Å². The molecule has 2 aromatic carbocycles. The van der Waals surface area contributed by atoms with Crippen LogP contribution in [0.1, 0.15) is 11.1 Å². The van der Waals surface area contributed by atoms with Crippen molar-refractivity contribution in [2.24, 2.45) is 0 Å². The lowest BCUT2D eigenvalue weighted by atomic mass is 9.97. The molecule has 124 valence electrons. The van der Waals surface area contributed by atoms with Gasteiger partial charge in [0, 0.05) is 18.2 Å². The highest BCUT2D eigenvalue weighted by molar-refractivity contribution is 5.95. The molecule has 0 spiro atoms. The number of ether oxygens (including phenoxy) is 2. The number of benzene rings is 2. The second-order valence-electron chi connectivity index (χ2n) is 4.77. The van der Waals surface area contributed by atoms with Crippen LogP contribution in [0.15, 0.2) is 48.5 Å². The number of hydrogen-bond acceptors (Lipinski definition) is 5. The minimum Gasteiger partial charge on any atom is -0.493 e. The Hall–Kier alpha value is -3.35. The monoisotopic (exact) mass is 329 g/mol. The average molecular weight is 329 g/mol. The maximum absolute atomic E-state index is 11.2. The molecule has 0 heterocycles. The van der Waals surface area contributed by atoms with Crippen molar-refractivity contribution in [3.63, 3.8) is 0 Å². The highest BCUT2D eigenvalue weighted by atomic mass is 16.6. The number of hydrogen-bond donors (Lipinski definition) is 1. The Bertz CT molecular complexity index is 795. The molecule has 0 aliphatic carbocycles. The van der Waals surface area contributed by atoms with E-state index in [0.717, 1.165) is 6.08 Å². The Morgan fingerprint density at radius 1 is 1.04 bits per heavy atom. The molecular formula is C17H15NO6. The first-order valence-electron chi connectivity index (χ1n) is 6.88. The lowest BCUT2D eigenvalue weighted by molar-refractivity contribution is -0.384. The predicted octanol–water partition coefficient (Wildman–Crippen LogP) is 3.13. The first kappa shape index (κ1) is 17.0. The third-order valence-corrected chi connectivity index (χ3v) is 3.35. The Kier molecular flexibility index (Phi) is 5.16. The summed E-state index contributed by atoms with van der Waals surface area (Å²) in [6.07, 6.45) is 1.04. The maximum Gasteiger partial charge on any atom is 0.328 e. The van der Waals surface area contributed by atoms with E-state index in [1.807, 2.05) is 0 Å². The second-order valence-corrected chi connectivity index (χ2v) is 4.77. The molecule has 0 saturated heterocycles. The van der Waals surface area contributed by atoms with Crippen LogP contribution in [0.4, 0.5) is 5.69 Å². The molecule has 7 heteroatoms. The normalized spacial score (nSPS) is 11.0. The average Bonchev–Trinajstić information content (AvgIpc) is 2.59. The number of aliphatic carboxylic acids is 1. The summed E-state index contributed by atoms with van der Waals surface area (Å²) in [7, 11) is 2.98. The SMILES string of the molecule is COc1ccc(/C(=C/C(=O)O)c2ccc([N+](=O)[O-])cc2)cc1OC. The molecule has 0 radical (unpaired) electrons. The molecule has 2 rings (SSSR count). The molecule has 0 saturated carbocycles. The summed E-state index contributed by atoms with van der Waals surface area (Å²) in [5.74, 6) is -0.161. The van der Waals surface area contributed by atoms with E-state index >= 15 is 0 Å². The molecule has 2 aromatic rings. The zero-order chi connectivity index (χ0) is 17.7. The minimum atomic E-state index is -1.13. The fraction of sp³-hybridized carbons (Fsp3) is 0.118. The van der Waals surface area contributed by atoms with Crippen molar-refractivity contribution in [2.75, 3.05) is 14.2 Å². The van der Waals surface area contributed by atoms with Crippen molar-refractivity contribution < 1.29 is 24.3 Å². The van der Waals surface area contributed by atoms with Crippen molar-refractivity contribution in [1.82, 2.24) is 0 Å². The smallest absolute Gasteiger partial charge is 0.328 e. The number of carboxylic acid groups (broad SMARTS) is 1. The number of rotatable bonds is 6. The number of non-ortho nitro benzene ring substituents is 1. The zero-order valence-corrected chi connectivity index (χ0v) is 13.1. The molecule has 7 nitrogen and oxygen atoms in total. The molecule has 0 atom stereocenters. The molecule has 0 aromatic heterocycles. The van der Waals surface area contributed by atoms with E-state index in [-0.39, 0.29) is 5.69 Å². The molecular weight excluding hydrogens is 314 g/mol. The Morgan fingerprint density at radius 2 is 1.62 bits per heavy atom. The molecule has 0 bridgehead atoms. The van der Waals surface area contributed by atoms with Crippen LogP contribution >= 0.6 is 0 Å². The number of nitrogens with zero attached hydrogens (tertiary/aromatic N) is 1. The topological polar surface area (TPSA) is 98.9 Å². The van der Waals surface area contributed by atoms with E-state index in [4.69, 9.17) is 14.6 Å². The number of nitro groups is 1. The summed E-state index contributed by atoms with van der Waals surface area (Å²) in [5, 5.41) is 19.9. The van der Waals surface area contributed by atoms with Crippen molar-refractivity contribution >= 4 is 17.2 Å². The highest BCUT2D eigenvalue weighted by Gasteiger charge is 2.13. The van der Waals surface area contributed by atoms with Crippen LogP contribution in [0.2, 0.25) is 0 Å². The van der Waals surface area contributed by atoms with Crippen LogP contribution in [0.3, 0.4) is 0 Å². The van der Waals surface area contributed by atoms with Gasteiger partial charge in [-0.25, -0.2) is 4.79 Å². The van der Waals surface area contributed by atoms with Crippen LogP contribution in [0.5, 0.6) is 11.5 Å². The van der Waals surface area contributed by atoms with E-state index in [1.54, 1.807) is 18.2 Å². The largest absolute Gasteiger partial charge is 0.493 e. The lowest BCUT2D eigenvalue weighted by Gasteiger charge is -2.12. The van der Waals surface area contributed by atoms with Crippen LogP contribution in [-0.4, -0.2) is 30.2 Å². The van der Waals surface area contributed by atoms with E-state index in [0.29, 0.717) is 28.2 Å². The first-order valence-corrected chi connectivity index (χ1v) is 6.88. The molecule has 0 unspecified atom stereocenters. The number of carbonyl (C=O) groups is 1. The standard InChI is InChI=1S/C17H15NO6/c1-23-15-8-5-12(9-16(15)24-2)14(10-17(19)20)11-3-6-13(7-4-11)18(21)22/h3-10H,1-2H3,(H,19,20)/b14-10+. The van der Waals surface area contributed by atoms with Crippen LogP contribution < -0.4 is 9.47 Å². The van der Waals surface area contributed by atoms with Gasteiger partial charge in [0.15, 0.2) is 11.5 Å². The van der Waals surface area contributed by atoms with Gasteiger partial charge in [-0.2, -0.15) is 0 Å². The van der Waals surface area contributed by atoms with Gasteiger partial charge in [0.2, 0.25) is 0 Å². The van der Waals surface area contributed by atoms with Gasteiger partial charge in [0.1, 0.15) is 0 Å². The Balaban J connectivity index is 2.54. The minimum absolute atomic E-state index is 0.0688. The van der Waals surface area contributed by atoms with Crippen molar-refractivity contribution in [2.45, 2.75) is 0 Å². The summed E-state index contributed by atoms with van der Waals surface area (Å²) in [5.41, 5.74) is 1.46. The van der Waals surface area contributed by atoms with Crippen LogP contribution in [0, 0.1) is 10.1 Å². The van der Waals surface area contributed by atoms with Gasteiger partial charge >= 0.3 is 5.97 Å². The Morgan fingerprint density at radius 3 is 2.12 bits per heavy atom. The zero-order valence-electron chi connectivity index (χ0n) is 13.1. The number of methoxy groups -OCH3 is 2. The third-order valence-electron chi connectivity index (χ3n) is 3.35. The fourth-order valence-corrected chi connectivity index (χ4v) is 2.22. The lowest BCUT2D eigenvalue weighted by Crippen LogP contribution is -1.97. The van der Waals surface area contributed by atoms with E-state index in [2.05, 4.69) is 0 Å². The van der Waals surface area contributed by atoms with Gasteiger partial charge in [-0.1, -0.05) is 6.07 Å². The predicted molar refractivity (Wildman–Crippen MR) is 87.4 cm³/mol. The second kappa shape index (κ2) is 7.28. The quantitative estimate of drug-likeness (QED) is 0.496. The van der Waals surface area contributed by atoms with E-state index in [9.17, 15) is 14.9 Å². The van der Waals surface area contributed by atoms with Gasteiger partial charge < -0.3 is 14.6 Å². The van der Waals surface area contributed by atoms with Gasteiger partial charge in [-0.3, -0.25) is 10.1 Å². The highest BCUT2D eigenvalue weighted by Crippen LogP contribution is 2.33. The third kappa shape index (κ3) is 3.70. The van der Waals surface area contributed by atoms with Crippen molar-refractivity contribution in [3.05, 3.63) is 69.8 Å². The molecule has 0 aliphatic heterocycles. The summed E-state index contributed by atoms with van der Waals surface area (Å²) in [4.78, 5) is 21.4. The molecule has 24 heavy (non-hydrogen) atoms. The molecule has 0 amide bonds. The summed E-state index contributed by atoms with van der Waals surface area (Å²) < 4.78 is 10.4. The summed E-state index contributed by atoms with van der Waals surface area (Å²) in [6.45, 7) is 0. The first-order chi connectivity index (χ1) is 11.5. The van der Waals surface area contributed by atoms with Gasteiger partial charge in [-0.15, -0.1) is 0 Å². The number of nitro benzene ring substituents is 1. The maximum atomic E-state index is 11.2. The van der Waals surface area contributed by atoms with E-state index < -0.39 is 10.9 Å². The number of carboxylic acids is 1. The van der Waals surface area contributed by atoms with Crippen molar-refractivity contribution in [1.29, 1.82) is 0 Å². The van der Waals surface area contributed by atoms with Gasteiger partial charge in [0.05, 0.1) is 19.1 Å². The van der Waals surface area contributed by atoms with E-state index in [1.165, 1.54) is 38.5 Å². The molecule has 0 aliphatic rings. The molecule has 0 fully saturated rings. The van der Waals surface area contributed by atoms with Crippen LogP contribution in [0.25, 0.3) is 5.57 Å².